The van der Waals surface area contributed by atoms with Crippen molar-refractivity contribution in [2.24, 2.45) is 0 Å². The van der Waals surface area contributed by atoms with Crippen molar-refractivity contribution in [2.75, 3.05) is 5.32 Å². The van der Waals surface area contributed by atoms with Crippen LogP contribution >= 0.6 is 0 Å². The van der Waals surface area contributed by atoms with Gasteiger partial charge in [-0.15, -0.1) is 0 Å². The van der Waals surface area contributed by atoms with Gasteiger partial charge in [0.1, 0.15) is 17.7 Å². The maximum atomic E-state index is 11.4. The van der Waals surface area contributed by atoms with Crippen LogP contribution < -0.4 is 5.32 Å². The molecule has 5 heteroatoms. The van der Waals surface area contributed by atoms with Crippen molar-refractivity contribution in [3.05, 3.63) is 65.9 Å². The molecular weight excluding hydrogens is 278 g/mol. The summed E-state index contributed by atoms with van der Waals surface area (Å²) in [5, 5.41) is 29.7. The highest BCUT2D eigenvalue weighted by atomic mass is 16.4. The van der Waals surface area contributed by atoms with Gasteiger partial charge in [0, 0.05) is 17.5 Å². The number of carboxylic acids is 1. The molecule has 2 aromatic carbocycles. The summed E-state index contributed by atoms with van der Waals surface area (Å²) in [6, 6.07) is 17.3. The topological polar surface area (TPSA) is 96.9 Å². The highest BCUT2D eigenvalue weighted by molar-refractivity contribution is 6.00. The van der Waals surface area contributed by atoms with Crippen LogP contribution in [-0.2, 0) is 0 Å². The quantitative estimate of drug-likeness (QED) is 0.841. The molecule has 106 valence electrons. The third-order valence-corrected chi connectivity index (χ3v) is 2.97. The number of anilines is 1. The first kappa shape index (κ1) is 14.8. The Bertz CT molecular complexity index is 796. The Balaban J connectivity index is 2.58. The van der Waals surface area contributed by atoms with E-state index in [1.807, 2.05) is 18.2 Å². The summed E-state index contributed by atoms with van der Waals surface area (Å²) in [6.45, 7) is 0. The fourth-order valence-electron chi connectivity index (χ4n) is 2.01. The summed E-state index contributed by atoms with van der Waals surface area (Å²) in [4.78, 5) is 11.4. The van der Waals surface area contributed by atoms with E-state index in [9.17, 15) is 9.90 Å². The second-order valence-corrected chi connectivity index (χ2v) is 4.33. The number of rotatable bonds is 4. The van der Waals surface area contributed by atoms with Crippen molar-refractivity contribution in [1.29, 1.82) is 10.5 Å². The van der Waals surface area contributed by atoms with Gasteiger partial charge < -0.3 is 10.4 Å². The van der Waals surface area contributed by atoms with E-state index in [0.717, 1.165) is 5.56 Å². The van der Waals surface area contributed by atoms with Crippen molar-refractivity contribution in [3.63, 3.8) is 0 Å². The molecule has 0 aromatic heterocycles. The molecule has 0 aliphatic rings. The molecular formula is C17H11N3O2. The van der Waals surface area contributed by atoms with E-state index >= 15 is 0 Å². The van der Waals surface area contributed by atoms with E-state index < -0.39 is 5.97 Å². The Labute approximate surface area is 127 Å². The molecule has 0 saturated heterocycles. The first-order valence-electron chi connectivity index (χ1n) is 6.36. The van der Waals surface area contributed by atoms with Crippen LogP contribution in [0.1, 0.15) is 10.4 Å². The SMILES string of the molecule is N#CC(C#N)=CNc1cccc(C(=O)O)c1-c1ccccc1. The van der Waals surface area contributed by atoms with E-state index in [0.29, 0.717) is 11.3 Å². The monoisotopic (exact) mass is 289 g/mol. The van der Waals surface area contributed by atoms with E-state index in [1.165, 1.54) is 12.3 Å². The Hall–Kier alpha value is -3.57. The summed E-state index contributed by atoms with van der Waals surface area (Å²) in [7, 11) is 0. The lowest BCUT2D eigenvalue weighted by molar-refractivity contribution is 0.0698. The number of hydrogen-bond donors (Lipinski definition) is 2. The van der Waals surface area contributed by atoms with Gasteiger partial charge in [0.15, 0.2) is 0 Å². The third-order valence-electron chi connectivity index (χ3n) is 2.97. The van der Waals surface area contributed by atoms with Crippen molar-refractivity contribution in [3.8, 4) is 23.3 Å². The van der Waals surface area contributed by atoms with Crippen LogP contribution in [0.15, 0.2) is 60.3 Å². The summed E-state index contributed by atoms with van der Waals surface area (Å²) < 4.78 is 0. The summed E-state index contributed by atoms with van der Waals surface area (Å²) in [5.41, 5.74) is 1.78. The van der Waals surface area contributed by atoms with Gasteiger partial charge in [-0.05, 0) is 17.7 Å². The molecule has 0 fully saturated rings. The Kier molecular flexibility index (Phi) is 4.54. The molecule has 0 heterocycles. The zero-order valence-corrected chi connectivity index (χ0v) is 11.4. The van der Waals surface area contributed by atoms with Crippen LogP contribution in [0, 0.1) is 22.7 Å². The number of hydrogen-bond acceptors (Lipinski definition) is 4. The lowest BCUT2D eigenvalue weighted by Gasteiger charge is -2.12. The summed E-state index contributed by atoms with van der Waals surface area (Å²) >= 11 is 0. The molecule has 0 bridgehead atoms. The molecule has 2 N–H and O–H groups in total. The number of nitrogens with one attached hydrogen (secondary N) is 1. The molecule has 2 aromatic rings. The summed E-state index contributed by atoms with van der Waals surface area (Å²) in [6.07, 6.45) is 1.26. The van der Waals surface area contributed by atoms with Crippen LogP contribution in [0.3, 0.4) is 0 Å². The van der Waals surface area contributed by atoms with Gasteiger partial charge in [0.2, 0.25) is 0 Å². The number of allylic oxidation sites excluding steroid dienone is 1. The van der Waals surface area contributed by atoms with E-state index in [2.05, 4.69) is 5.32 Å². The highest BCUT2D eigenvalue weighted by Crippen LogP contribution is 2.31. The zero-order valence-electron chi connectivity index (χ0n) is 11.4. The molecule has 0 unspecified atom stereocenters. The number of benzene rings is 2. The molecule has 2 rings (SSSR count). The molecule has 0 aliphatic carbocycles. The molecule has 0 amide bonds. The van der Waals surface area contributed by atoms with Crippen LogP contribution in [-0.4, -0.2) is 11.1 Å². The van der Waals surface area contributed by atoms with E-state index in [-0.39, 0.29) is 11.1 Å². The van der Waals surface area contributed by atoms with Crippen LogP contribution in [0.25, 0.3) is 11.1 Å². The Morgan fingerprint density at radius 2 is 1.73 bits per heavy atom. The van der Waals surface area contributed by atoms with Gasteiger partial charge >= 0.3 is 5.97 Å². The van der Waals surface area contributed by atoms with Crippen molar-refractivity contribution < 1.29 is 9.90 Å². The van der Waals surface area contributed by atoms with Crippen LogP contribution in [0.4, 0.5) is 5.69 Å². The van der Waals surface area contributed by atoms with Crippen molar-refractivity contribution in [2.45, 2.75) is 0 Å². The first-order chi connectivity index (χ1) is 10.7. The second kappa shape index (κ2) is 6.74. The van der Waals surface area contributed by atoms with Crippen molar-refractivity contribution in [1.82, 2.24) is 0 Å². The van der Waals surface area contributed by atoms with Gasteiger partial charge in [0.25, 0.3) is 0 Å². The molecule has 0 saturated carbocycles. The minimum atomic E-state index is -1.05. The van der Waals surface area contributed by atoms with Crippen molar-refractivity contribution >= 4 is 11.7 Å². The minimum Gasteiger partial charge on any atom is -0.478 e. The predicted molar refractivity (Wildman–Crippen MR) is 81.8 cm³/mol. The zero-order chi connectivity index (χ0) is 15.9. The first-order valence-corrected chi connectivity index (χ1v) is 6.36. The third kappa shape index (κ3) is 3.12. The van der Waals surface area contributed by atoms with Gasteiger partial charge in [-0.25, -0.2) is 4.79 Å². The number of nitriles is 2. The number of nitrogens with zero attached hydrogens (tertiary/aromatic N) is 2. The molecule has 5 nitrogen and oxygen atoms in total. The Morgan fingerprint density at radius 3 is 2.32 bits per heavy atom. The maximum absolute atomic E-state index is 11.4. The van der Waals surface area contributed by atoms with Gasteiger partial charge in [0.05, 0.1) is 5.56 Å². The highest BCUT2D eigenvalue weighted by Gasteiger charge is 2.15. The maximum Gasteiger partial charge on any atom is 0.336 e. The van der Waals surface area contributed by atoms with Gasteiger partial charge in [-0.2, -0.15) is 10.5 Å². The lowest BCUT2D eigenvalue weighted by atomic mass is 9.97. The minimum absolute atomic E-state index is 0.0975. The smallest absolute Gasteiger partial charge is 0.336 e. The number of aromatic carboxylic acids is 1. The lowest BCUT2D eigenvalue weighted by Crippen LogP contribution is -2.03. The number of carbonyl (C=O) groups is 1. The normalized spacial score (nSPS) is 9.18. The predicted octanol–water partition coefficient (Wildman–Crippen LogP) is 3.39. The van der Waals surface area contributed by atoms with Gasteiger partial charge in [-0.3, -0.25) is 0 Å². The Morgan fingerprint density at radius 1 is 1.05 bits per heavy atom. The molecule has 0 aliphatic heterocycles. The molecule has 22 heavy (non-hydrogen) atoms. The molecule has 0 atom stereocenters. The average Bonchev–Trinajstić information content (AvgIpc) is 2.56. The van der Waals surface area contributed by atoms with E-state index in [4.69, 9.17) is 10.5 Å². The van der Waals surface area contributed by atoms with Crippen LogP contribution in [0.2, 0.25) is 0 Å². The molecule has 0 radical (unpaired) electrons. The van der Waals surface area contributed by atoms with E-state index in [1.54, 1.807) is 36.4 Å². The summed E-state index contributed by atoms with van der Waals surface area (Å²) in [5.74, 6) is -1.05. The average molecular weight is 289 g/mol. The fourth-order valence-corrected chi connectivity index (χ4v) is 2.01. The number of carboxylic acid groups (broad SMARTS) is 1. The largest absolute Gasteiger partial charge is 0.478 e. The molecule has 0 spiro atoms. The second-order valence-electron chi connectivity index (χ2n) is 4.33. The standard InChI is InChI=1S/C17H11N3O2/c18-9-12(10-19)11-20-15-8-4-7-14(17(21)22)16(15)13-5-2-1-3-6-13/h1-8,11,20H,(H,21,22). The van der Waals surface area contributed by atoms with Crippen LogP contribution in [0.5, 0.6) is 0 Å². The van der Waals surface area contributed by atoms with Gasteiger partial charge in [-0.1, -0.05) is 36.4 Å². The fraction of sp³-hybridized carbons (Fsp3) is 0.